The maximum Gasteiger partial charge on any atom is 0.205 e. The van der Waals surface area contributed by atoms with Crippen molar-refractivity contribution in [2.45, 2.75) is 13.5 Å². The number of benzene rings is 2. The largest absolute Gasteiger partial charge is 0.497 e. The van der Waals surface area contributed by atoms with Crippen molar-refractivity contribution in [2.24, 2.45) is 0 Å². The number of aryl methyl sites for hydroxylation is 1. The second-order valence-electron chi connectivity index (χ2n) is 4.80. The lowest BCUT2D eigenvalue weighted by atomic mass is 10.1. The lowest BCUT2D eigenvalue weighted by Gasteiger charge is -2.03. The van der Waals surface area contributed by atoms with Gasteiger partial charge in [0.25, 0.3) is 0 Å². The van der Waals surface area contributed by atoms with Crippen molar-refractivity contribution in [3.8, 4) is 17.1 Å². The maximum absolute atomic E-state index is 5.21. The quantitative estimate of drug-likeness (QED) is 0.737. The molecule has 3 rings (SSSR count). The zero-order chi connectivity index (χ0) is 14.7. The Bertz CT molecular complexity index is 751. The van der Waals surface area contributed by atoms with Crippen molar-refractivity contribution < 1.29 is 4.74 Å². The Kier molecular flexibility index (Phi) is 3.64. The number of ether oxygens (including phenoxy) is 1. The first-order chi connectivity index (χ1) is 10.3. The lowest BCUT2D eigenvalue weighted by Crippen LogP contribution is -2.05. The number of nitrogens with zero attached hydrogens (tertiary/aromatic N) is 4. The van der Waals surface area contributed by atoms with Gasteiger partial charge in [-0.25, -0.2) is 0 Å². The third-order valence-electron chi connectivity index (χ3n) is 3.35. The van der Waals surface area contributed by atoms with Crippen molar-refractivity contribution in [3.63, 3.8) is 0 Å². The maximum atomic E-state index is 5.21. The molecule has 2 aromatic carbocycles. The van der Waals surface area contributed by atoms with Gasteiger partial charge in [0.15, 0.2) is 0 Å². The molecule has 0 atom stereocenters. The van der Waals surface area contributed by atoms with Crippen LogP contribution >= 0.6 is 0 Å². The first-order valence-corrected chi connectivity index (χ1v) is 6.73. The lowest BCUT2D eigenvalue weighted by molar-refractivity contribution is 0.415. The predicted molar refractivity (Wildman–Crippen MR) is 80.1 cm³/mol. The number of tetrazole rings is 1. The van der Waals surface area contributed by atoms with Gasteiger partial charge in [0.1, 0.15) is 5.75 Å². The summed E-state index contributed by atoms with van der Waals surface area (Å²) < 4.78 is 5.21. The predicted octanol–water partition coefficient (Wildman–Crippen LogP) is 2.71. The molecule has 0 aliphatic carbocycles. The molecule has 0 fully saturated rings. The molecule has 0 amide bonds. The normalized spacial score (nSPS) is 10.6. The van der Waals surface area contributed by atoms with Crippen LogP contribution in [0.5, 0.6) is 5.75 Å². The number of methoxy groups -OCH3 is 1. The highest BCUT2D eigenvalue weighted by Crippen LogP contribution is 2.20. The fourth-order valence-corrected chi connectivity index (χ4v) is 2.13. The monoisotopic (exact) mass is 280 g/mol. The van der Waals surface area contributed by atoms with Crippen LogP contribution < -0.4 is 4.74 Å². The van der Waals surface area contributed by atoms with Crippen molar-refractivity contribution in [2.75, 3.05) is 7.11 Å². The van der Waals surface area contributed by atoms with Gasteiger partial charge >= 0.3 is 0 Å². The van der Waals surface area contributed by atoms with Crippen LogP contribution in [-0.2, 0) is 6.54 Å². The van der Waals surface area contributed by atoms with Gasteiger partial charge in [-0.1, -0.05) is 36.4 Å². The summed E-state index contributed by atoms with van der Waals surface area (Å²) in [5, 5.41) is 12.7. The summed E-state index contributed by atoms with van der Waals surface area (Å²) in [5.74, 6) is 1.38. The van der Waals surface area contributed by atoms with Gasteiger partial charge < -0.3 is 4.74 Å². The first-order valence-electron chi connectivity index (χ1n) is 6.73. The molecule has 0 N–H and O–H groups in total. The van der Waals surface area contributed by atoms with E-state index in [9.17, 15) is 0 Å². The summed E-state index contributed by atoms with van der Waals surface area (Å²) in [7, 11) is 1.64. The molecule has 1 aromatic heterocycles. The molecule has 5 nitrogen and oxygen atoms in total. The molecule has 21 heavy (non-hydrogen) atoms. The highest BCUT2D eigenvalue weighted by Gasteiger charge is 2.08. The summed E-state index contributed by atoms with van der Waals surface area (Å²) in [5.41, 5.74) is 3.30. The van der Waals surface area contributed by atoms with Crippen LogP contribution in [0.15, 0.2) is 48.5 Å². The first kappa shape index (κ1) is 13.3. The summed E-state index contributed by atoms with van der Waals surface area (Å²) in [6.07, 6.45) is 0. The Morgan fingerprint density at radius 3 is 2.76 bits per heavy atom. The second-order valence-corrected chi connectivity index (χ2v) is 4.80. The fourth-order valence-electron chi connectivity index (χ4n) is 2.13. The molecule has 0 spiro atoms. The van der Waals surface area contributed by atoms with E-state index >= 15 is 0 Å². The van der Waals surface area contributed by atoms with E-state index in [0.29, 0.717) is 12.4 Å². The number of hydrogen-bond donors (Lipinski definition) is 0. The highest BCUT2D eigenvalue weighted by molar-refractivity contribution is 5.56. The van der Waals surface area contributed by atoms with Crippen LogP contribution in [0.3, 0.4) is 0 Å². The van der Waals surface area contributed by atoms with Crippen LogP contribution in [0, 0.1) is 6.92 Å². The molecule has 0 radical (unpaired) electrons. The topological polar surface area (TPSA) is 52.8 Å². The highest BCUT2D eigenvalue weighted by atomic mass is 16.5. The Balaban J connectivity index is 1.85. The fraction of sp³-hybridized carbons (Fsp3) is 0.188. The molecule has 0 aliphatic rings. The van der Waals surface area contributed by atoms with E-state index in [4.69, 9.17) is 4.74 Å². The van der Waals surface area contributed by atoms with Gasteiger partial charge in [-0.3, -0.25) is 0 Å². The zero-order valence-electron chi connectivity index (χ0n) is 12.0. The summed E-state index contributed by atoms with van der Waals surface area (Å²) in [6.45, 7) is 2.69. The zero-order valence-corrected chi connectivity index (χ0v) is 12.0. The van der Waals surface area contributed by atoms with Crippen LogP contribution in [0.25, 0.3) is 11.4 Å². The van der Waals surface area contributed by atoms with E-state index in [0.717, 1.165) is 11.3 Å². The minimum Gasteiger partial charge on any atom is -0.497 e. The van der Waals surface area contributed by atoms with Crippen LogP contribution in [0.4, 0.5) is 0 Å². The van der Waals surface area contributed by atoms with Gasteiger partial charge in [0.2, 0.25) is 5.82 Å². The van der Waals surface area contributed by atoms with Gasteiger partial charge in [0, 0.05) is 5.56 Å². The minimum atomic E-state index is 0.600. The molecule has 0 aliphatic heterocycles. The molecule has 0 unspecified atom stereocenters. The third-order valence-corrected chi connectivity index (χ3v) is 3.35. The van der Waals surface area contributed by atoms with Crippen LogP contribution in [0.2, 0.25) is 0 Å². The van der Waals surface area contributed by atoms with Crippen molar-refractivity contribution >= 4 is 0 Å². The van der Waals surface area contributed by atoms with E-state index in [1.807, 2.05) is 36.4 Å². The third kappa shape index (κ3) is 2.91. The van der Waals surface area contributed by atoms with Gasteiger partial charge in [0.05, 0.1) is 13.7 Å². The van der Waals surface area contributed by atoms with Gasteiger partial charge in [-0.15, -0.1) is 10.2 Å². The molecule has 3 aromatic rings. The molecular formula is C16H16N4O. The molecule has 0 saturated heterocycles. The number of hydrogen-bond acceptors (Lipinski definition) is 4. The van der Waals surface area contributed by atoms with Crippen molar-refractivity contribution in [3.05, 3.63) is 59.7 Å². The molecule has 0 bridgehead atoms. The molecule has 106 valence electrons. The number of aromatic nitrogens is 4. The standard InChI is InChI=1S/C16H16N4O/c1-12-6-3-4-7-14(12)11-20-18-16(17-19-20)13-8-5-9-15(10-13)21-2/h3-10H,11H2,1-2H3. The van der Waals surface area contributed by atoms with E-state index in [1.54, 1.807) is 11.9 Å². The van der Waals surface area contributed by atoms with Crippen molar-refractivity contribution in [1.82, 2.24) is 20.2 Å². The number of rotatable bonds is 4. The molecule has 5 heteroatoms. The Hall–Kier alpha value is -2.69. The van der Waals surface area contributed by atoms with Crippen LogP contribution in [0.1, 0.15) is 11.1 Å². The minimum absolute atomic E-state index is 0.600. The van der Waals surface area contributed by atoms with E-state index in [2.05, 4.69) is 34.5 Å². The van der Waals surface area contributed by atoms with E-state index < -0.39 is 0 Å². The van der Waals surface area contributed by atoms with E-state index in [1.165, 1.54) is 11.1 Å². The van der Waals surface area contributed by atoms with E-state index in [-0.39, 0.29) is 0 Å². The molecular weight excluding hydrogens is 264 g/mol. The van der Waals surface area contributed by atoms with Gasteiger partial charge in [-0.2, -0.15) is 4.80 Å². The average Bonchev–Trinajstić information content (AvgIpc) is 2.98. The molecule has 1 heterocycles. The SMILES string of the molecule is COc1cccc(-c2nnn(Cc3ccccc3C)n2)c1. The summed E-state index contributed by atoms with van der Waals surface area (Å²) in [4.78, 5) is 1.61. The smallest absolute Gasteiger partial charge is 0.205 e. The summed E-state index contributed by atoms with van der Waals surface area (Å²) >= 11 is 0. The van der Waals surface area contributed by atoms with Gasteiger partial charge in [-0.05, 0) is 35.4 Å². The van der Waals surface area contributed by atoms with Crippen LogP contribution in [-0.4, -0.2) is 27.3 Å². The van der Waals surface area contributed by atoms with Crippen molar-refractivity contribution in [1.29, 1.82) is 0 Å². The molecule has 0 saturated carbocycles. The average molecular weight is 280 g/mol. The second kappa shape index (κ2) is 5.75. The Labute approximate surface area is 123 Å². The Morgan fingerprint density at radius 1 is 1.10 bits per heavy atom. The summed E-state index contributed by atoms with van der Waals surface area (Å²) in [6, 6.07) is 15.8. The Morgan fingerprint density at radius 2 is 1.95 bits per heavy atom.